The number of hydrogen-bond donors (Lipinski definition) is 0. The Morgan fingerprint density at radius 1 is 1.08 bits per heavy atom. The molecule has 124 valence electrons. The van der Waals surface area contributed by atoms with Crippen molar-refractivity contribution in [3.8, 4) is 17.6 Å². The molecule has 0 unspecified atom stereocenters. The van der Waals surface area contributed by atoms with Crippen LogP contribution in [0.5, 0.6) is 11.5 Å². The number of rotatable bonds is 4. The van der Waals surface area contributed by atoms with Crippen molar-refractivity contribution >= 4 is 16.8 Å². The lowest BCUT2D eigenvalue weighted by Gasteiger charge is -2.09. The van der Waals surface area contributed by atoms with Crippen molar-refractivity contribution in [1.29, 1.82) is 5.26 Å². The Hall–Kier alpha value is -3.59. The van der Waals surface area contributed by atoms with E-state index in [4.69, 9.17) is 19.2 Å². The minimum Gasteiger partial charge on any atom is -0.496 e. The van der Waals surface area contributed by atoms with Crippen LogP contribution in [0.2, 0.25) is 0 Å². The van der Waals surface area contributed by atoms with Gasteiger partial charge in [0.1, 0.15) is 22.6 Å². The molecule has 0 aliphatic heterocycles. The number of nitriles is 1. The molecule has 25 heavy (non-hydrogen) atoms. The number of methoxy groups -OCH3 is 2. The quantitative estimate of drug-likeness (QED) is 0.538. The summed E-state index contributed by atoms with van der Waals surface area (Å²) in [6.07, 6.45) is 0. The molecule has 6 nitrogen and oxygen atoms in total. The minimum absolute atomic E-state index is 0.110. The maximum absolute atomic E-state index is 12.6. The van der Waals surface area contributed by atoms with E-state index in [2.05, 4.69) is 0 Å². The van der Waals surface area contributed by atoms with E-state index in [0.717, 1.165) is 0 Å². The van der Waals surface area contributed by atoms with Gasteiger partial charge in [0.2, 0.25) is 0 Å². The monoisotopic (exact) mass is 335 g/mol. The molecule has 0 atom stereocenters. The molecular weight excluding hydrogens is 322 g/mol. The fraction of sp³-hybridized carbons (Fsp3) is 0.105. The summed E-state index contributed by atoms with van der Waals surface area (Å²) < 4.78 is 15.7. The van der Waals surface area contributed by atoms with E-state index < -0.39 is 11.4 Å². The van der Waals surface area contributed by atoms with Gasteiger partial charge in [-0.05, 0) is 30.3 Å². The third-order valence-electron chi connectivity index (χ3n) is 3.77. The van der Waals surface area contributed by atoms with Crippen LogP contribution in [0.25, 0.3) is 11.0 Å². The highest BCUT2D eigenvalue weighted by molar-refractivity contribution is 6.10. The number of ether oxygens (including phenoxy) is 2. The second-order valence-corrected chi connectivity index (χ2v) is 5.21. The predicted octanol–water partition coefficient (Wildman–Crippen LogP) is 2.91. The van der Waals surface area contributed by atoms with E-state index in [1.165, 1.54) is 44.6 Å². The molecule has 0 N–H and O–H groups in total. The van der Waals surface area contributed by atoms with Gasteiger partial charge in [-0.3, -0.25) is 4.79 Å². The lowest BCUT2D eigenvalue weighted by molar-refractivity contribution is 0.103. The maximum atomic E-state index is 12.6. The van der Waals surface area contributed by atoms with E-state index in [-0.39, 0.29) is 16.7 Å². The number of carbonyl (C=O) groups is 1. The van der Waals surface area contributed by atoms with Gasteiger partial charge in [-0.2, -0.15) is 5.26 Å². The fourth-order valence-electron chi connectivity index (χ4n) is 2.46. The zero-order valence-electron chi connectivity index (χ0n) is 13.5. The molecule has 1 heterocycles. The van der Waals surface area contributed by atoms with E-state index in [9.17, 15) is 9.59 Å². The zero-order valence-corrected chi connectivity index (χ0v) is 13.5. The Labute approximate surface area is 142 Å². The second kappa shape index (κ2) is 6.49. The molecule has 0 radical (unpaired) electrons. The Morgan fingerprint density at radius 3 is 2.40 bits per heavy atom. The molecule has 0 fully saturated rings. The van der Waals surface area contributed by atoms with Gasteiger partial charge in [0.15, 0.2) is 5.78 Å². The molecule has 0 saturated carbocycles. The highest BCUT2D eigenvalue weighted by atomic mass is 16.5. The van der Waals surface area contributed by atoms with Crippen molar-refractivity contribution in [2.75, 3.05) is 14.2 Å². The summed E-state index contributed by atoms with van der Waals surface area (Å²) in [5, 5.41) is 9.31. The lowest BCUT2D eigenvalue weighted by atomic mass is 10.0. The number of carbonyl (C=O) groups excluding carboxylic acids is 1. The number of ketones is 1. The van der Waals surface area contributed by atoms with Gasteiger partial charge in [0, 0.05) is 17.7 Å². The maximum Gasteiger partial charge on any atom is 0.347 e. The largest absolute Gasteiger partial charge is 0.496 e. The highest BCUT2D eigenvalue weighted by Crippen LogP contribution is 2.31. The first-order valence-corrected chi connectivity index (χ1v) is 7.32. The third-order valence-corrected chi connectivity index (χ3v) is 3.77. The van der Waals surface area contributed by atoms with Crippen molar-refractivity contribution in [2.24, 2.45) is 0 Å². The molecule has 1 aromatic heterocycles. The Balaban J connectivity index is 2.15. The van der Waals surface area contributed by atoms with Crippen LogP contribution in [0, 0.1) is 11.3 Å². The molecule has 0 aliphatic rings. The van der Waals surface area contributed by atoms with Crippen LogP contribution in [-0.4, -0.2) is 20.0 Å². The molecule has 0 bridgehead atoms. The summed E-state index contributed by atoms with van der Waals surface area (Å²) >= 11 is 0. The Bertz CT molecular complexity index is 1060. The average molecular weight is 335 g/mol. The van der Waals surface area contributed by atoms with Gasteiger partial charge >= 0.3 is 5.63 Å². The van der Waals surface area contributed by atoms with E-state index in [1.807, 2.05) is 6.07 Å². The first-order valence-electron chi connectivity index (χ1n) is 7.32. The average Bonchev–Trinajstić information content (AvgIpc) is 2.65. The van der Waals surface area contributed by atoms with Gasteiger partial charge in [-0.25, -0.2) is 4.79 Å². The first kappa shape index (κ1) is 16.3. The van der Waals surface area contributed by atoms with Crippen LogP contribution in [-0.2, 0) is 0 Å². The predicted molar refractivity (Wildman–Crippen MR) is 90.2 cm³/mol. The Kier molecular flexibility index (Phi) is 4.23. The molecular formula is C19H13NO5. The molecule has 3 aromatic rings. The number of hydrogen-bond acceptors (Lipinski definition) is 6. The van der Waals surface area contributed by atoms with Crippen LogP contribution >= 0.6 is 0 Å². The molecule has 0 aliphatic carbocycles. The van der Waals surface area contributed by atoms with E-state index in [0.29, 0.717) is 22.4 Å². The third kappa shape index (κ3) is 2.95. The number of benzene rings is 2. The summed E-state index contributed by atoms with van der Waals surface area (Å²) in [5.74, 6) is 0.406. The van der Waals surface area contributed by atoms with Gasteiger partial charge < -0.3 is 13.9 Å². The van der Waals surface area contributed by atoms with Crippen LogP contribution in [0.3, 0.4) is 0 Å². The van der Waals surface area contributed by atoms with E-state index in [1.54, 1.807) is 12.1 Å². The molecule has 0 saturated heterocycles. The molecule has 0 amide bonds. The van der Waals surface area contributed by atoms with Crippen molar-refractivity contribution in [3.63, 3.8) is 0 Å². The molecule has 6 heteroatoms. The second-order valence-electron chi connectivity index (χ2n) is 5.21. The zero-order chi connectivity index (χ0) is 18.0. The minimum atomic E-state index is -0.753. The first-order chi connectivity index (χ1) is 12.1. The van der Waals surface area contributed by atoms with Gasteiger partial charge in [-0.1, -0.05) is 0 Å². The Morgan fingerprint density at radius 2 is 1.80 bits per heavy atom. The van der Waals surface area contributed by atoms with Crippen LogP contribution in [0.1, 0.15) is 21.5 Å². The van der Waals surface area contributed by atoms with Crippen molar-refractivity contribution in [2.45, 2.75) is 0 Å². The highest BCUT2D eigenvalue weighted by Gasteiger charge is 2.18. The SMILES string of the molecule is COc1cc(OC)c2cc(C(=O)c3ccc(C#N)cc3)c(=O)oc2c1. The van der Waals surface area contributed by atoms with Crippen LogP contribution in [0.4, 0.5) is 0 Å². The molecule has 0 spiro atoms. The fourth-order valence-corrected chi connectivity index (χ4v) is 2.46. The standard InChI is InChI=1S/C19H13NO5/c1-23-13-7-16(24-2)14-9-15(19(22)25-17(14)8-13)18(21)12-5-3-11(10-20)4-6-12/h3-9H,1-2H3. The topological polar surface area (TPSA) is 89.5 Å². The van der Waals surface area contributed by atoms with Crippen molar-refractivity contribution in [1.82, 2.24) is 0 Å². The molecule has 3 rings (SSSR count). The number of fused-ring (bicyclic) bond motifs is 1. The number of nitrogens with zero attached hydrogens (tertiary/aromatic N) is 1. The van der Waals surface area contributed by atoms with Gasteiger partial charge in [0.25, 0.3) is 0 Å². The summed E-state index contributed by atoms with van der Waals surface area (Å²) in [6, 6.07) is 12.6. The van der Waals surface area contributed by atoms with Gasteiger partial charge in [-0.15, -0.1) is 0 Å². The van der Waals surface area contributed by atoms with Crippen LogP contribution < -0.4 is 15.1 Å². The smallest absolute Gasteiger partial charge is 0.347 e. The van der Waals surface area contributed by atoms with Crippen LogP contribution in [0.15, 0.2) is 51.7 Å². The lowest BCUT2D eigenvalue weighted by Crippen LogP contribution is -2.15. The molecule has 2 aromatic carbocycles. The summed E-state index contributed by atoms with van der Waals surface area (Å²) in [7, 11) is 2.96. The van der Waals surface area contributed by atoms with Crippen molar-refractivity contribution < 1.29 is 18.7 Å². The van der Waals surface area contributed by atoms with Crippen molar-refractivity contribution in [3.05, 3.63) is 69.6 Å². The summed E-state index contributed by atoms with van der Waals surface area (Å²) in [6.45, 7) is 0. The summed E-state index contributed by atoms with van der Waals surface area (Å²) in [5.41, 5.74) is 0.115. The summed E-state index contributed by atoms with van der Waals surface area (Å²) in [4.78, 5) is 24.9. The van der Waals surface area contributed by atoms with E-state index >= 15 is 0 Å². The normalized spacial score (nSPS) is 10.3. The van der Waals surface area contributed by atoms with Gasteiger partial charge in [0.05, 0.1) is 31.2 Å².